The van der Waals surface area contributed by atoms with E-state index in [2.05, 4.69) is 25.2 Å². The average molecular weight is 301 g/mol. The number of aliphatic hydroxyl groups is 1. The van der Waals surface area contributed by atoms with Gasteiger partial charge in [0.25, 0.3) is 0 Å². The minimum absolute atomic E-state index is 0.115. The van der Waals surface area contributed by atoms with E-state index >= 15 is 0 Å². The molecule has 2 aliphatic rings. The van der Waals surface area contributed by atoms with E-state index in [9.17, 15) is 13.5 Å². The zero-order valence-electron chi connectivity index (χ0n) is 12.6. The van der Waals surface area contributed by atoms with Gasteiger partial charge >= 0.3 is 0 Å². The molecule has 2 atom stereocenters. The maximum Gasteiger partial charge on any atom is 0.150 e. The van der Waals surface area contributed by atoms with E-state index in [0.717, 1.165) is 6.54 Å². The molecule has 0 aromatic carbocycles. The normalized spacial score (nSPS) is 32.6. The predicted molar refractivity (Wildman–Crippen MR) is 81.4 cm³/mol. The van der Waals surface area contributed by atoms with Gasteiger partial charge in [-0.05, 0) is 44.4 Å². The van der Waals surface area contributed by atoms with E-state index in [1.165, 1.54) is 18.4 Å². The molecule has 2 unspecified atom stereocenters. The molecule has 1 fully saturated rings. The van der Waals surface area contributed by atoms with Crippen molar-refractivity contribution in [1.29, 1.82) is 0 Å². The molecular formula is C15H27NO3S. The molecule has 1 heterocycles. The first-order valence-corrected chi connectivity index (χ1v) is 9.44. The summed E-state index contributed by atoms with van der Waals surface area (Å²) in [6.45, 7) is 5.84. The summed E-state index contributed by atoms with van der Waals surface area (Å²) in [5.41, 5.74) is 0.593. The van der Waals surface area contributed by atoms with Crippen LogP contribution < -0.4 is 5.32 Å². The van der Waals surface area contributed by atoms with E-state index in [1.807, 2.05) is 0 Å². The highest BCUT2D eigenvalue weighted by atomic mass is 32.2. The molecule has 0 spiro atoms. The summed E-state index contributed by atoms with van der Waals surface area (Å²) in [5.74, 6) is 1.45. The van der Waals surface area contributed by atoms with Gasteiger partial charge in [0.2, 0.25) is 0 Å². The van der Waals surface area contributed by atoms with Crippen molar-refractivity contribution in [1.82, 2.24) is 5.32 Å². The lowest BCUT2D eigenvalue weighted by molar-refractivity contribution is 0.0296. The molecule has 0 amide bonds. The molecule has 116 valence electrons. The van der Waals surface area contributed by atoms with Crippen LogP contribution in [0.15, 0.2) is 11.6 Å². The molecule has 1 aliphatic heterocycles. The summed E-state index contributed by atoms with van der Waals surface area (Å²) < 4.78 is 22.8. The average Bonchev–Trinajstić information content (AvgIpc) is 2.38. The van der Waals surface area contributed by atoms with Crippen LogP contribution in [0.4, 0.5) is 0 Å². The van der Waals surface area contributed by atoms with E-state index in [1.54, 1.807) is 0 Å². The zero-order chi connectivity index (χ0) is 14.8. The first kappa shape index (κ1) is 16.0. The van der Waals surface area contributed by atoms with Crippen molar-refractivity contribution in [3.63, 3.8) is 0 Å². The quantitative estimate of drug-likeness (QED) is 0.773. The second kappa shape index (κ2) is 6.16. The lowest BCUT2D eigenvalue weighted by atomic mass is 9.80. The van der Waals surface area contributed by atoms with Crippen molar-refractivity contribution in [3.05, 3.63) is 11.6 Å². The van der Waals surface area contributed by atoms with Crippen LogP contribution in [0.1, 0.15) is 39.5 Å². The van der Waals surface area contributed by atoms with Crippen molar-refractivity contribution in [2.75, 3.05) is 24.6 Å². The van der Waals surface area contributed by atoms with Gasteiger partial charge in [-0.2, -0.15) is 0 Å². The van der Waals surface area contributed by atoms with E-state index in [4.69, 9.17) is 0 Å². The monoisotopic (exact) mass is 301 g/mol. The third-order valence-electron chi connectivity index (χ3n) is 4.94. The molecule has 5 heteroatoms. The van der Waals surface area contributed by atoms with Crippen LogP contribution in [-0.4, -0.2) is 43.7 Å². The zero-order valence-corrected chi connectivity index (χ0v) is 13.4. The van der Waals surface area contributed by atoms with Crippen LogP contribution in [0.2, 0.25) is 0 Å². The molecule has 4 nitrogen and oxygen atoms in total. The fraction of sp³-hybridized carbons (Fsp3) is 0.867. The Morgan fingerprint density at radius 2 is 2.05 bits per heavy atom. The second-order valence-corrected chi connectivity index (χ2v) is 8.92. The standard InChI is InChI=1S/C15H27NO3S/c1-12-4-3-5-13(2)14(12)10-16-11-15(17)6-8-20(18,19)9-7-15/h4,13-14,16-17H,3,5-11H2,1-2H3. The van der Waals surface area contributed by atoms with Gasteiger partial charge in [0.1, 0.15) is 0 Å². The number of sulfone groups is 1. The summed E-state index contributed by atoms with van der Waals surface area (Å²) in [4.78, 5) is 0. The molecule has 0 aromatic rings. The van der Waals surface area contributed by atoms with Crippen molar-refractivity contribution in [2.24, 2.45) is 11.8 Å². The van der Waals surface area contributed by atoms with Crippen LogP contribution in [0, 0.1) is 11.8 Å². The molecule has 0 bridgehead atoms. The van der Waals surface area contributed by atoms with Crippen LogP contribution in [0.5, 0.6) is 0 Å². The fourth-order valence-electron chi connectivity index (χ4n) is 3.29. The van der Waals surface area contributed by atoms with E-state index in [0.29, 0.717) is 31.2 Å². The Hall–Kier alpha value is -0.390. The maximum atomic E-state index is 11.4. The highest BCUT2D eigenvalue weighted by Gasteiger charge is 2.35. The number of nitrogens with one attached hydrogen (secondary N) is 1. The molecule has 0 saturated carbocycles. The van der Waals surface area contributed by atoms with Crippen molar-refractivity contribution in [2.45, 2.75) is 45.1 Å². The van der Waals surface area contributed by atoms with Gasteiger partial charge in [-0.25, -0.2) is 8.42 Å². The van der Waals surface area contributed by atoms with Gasteiger partial charge in [-0.1, -0.05) is 18.6 Å². The highest BCUT2D eigenvalue weighted by molar-refractivity contribution is 7.91. The summed E-state index contributed by atoms with van der Waals surface area (Å²) in [7, 11) is -2.91. The topological polar surface area (TPSA) is 66.4 Å². The lowest BCUT2D eigenvalue weighted by Gasteiger charge is -2.34. The van der Waals surface area contributed by atoms with Gasteiger partial charge in [-0.3, -0.25) is 0 Å². The van der Waals surface area contributed by atoms with Gasteiger partial charge in [0, 0.05) is 13.1 Å². The SMILES string of the molecule is CC1=CCCC(C)C1CNCC1(O)CCS(=O)(=O)CC1. The summed E-state index contributed by atoms with van der Waals surface area (Å²) >= 11 is 0. The van der Waals surface area contributed by atoms with Crippen molar-refractivity contribution in [3.8, 4) is 0 Å². The Kier molecular flexibility index (Phi) is 4.92. The number of hydrogen-bond donors (Lipinski definition) is 2. The second-order valence-electron chi connectivity index (χ2n) is 6.62. The number of rotatable bonds is 4. The summed E-state index contributed by atoms with van der Waals surface area (Å²) in [6.07, 6.45) is 5.43. The Morgan fingerprint density at radius 3 is 2.65 bits per heavy atom. The Balaban J connectivity index is 1.81. The minimum Gasteiger partial charge on any atom is -0.388 e. The van der Waals surface area contributed by atoms with Crippen LogP contribution in [-0.2, 0) is 9.84 Å². The molecule has 1 saturated heterocycles. The minimum atomic E-state index is -2.91. The molecule has 2 N–H and O–H groups in total. The molecule has 1 aliphatic carbocycles. The van der Waals surface area contributed by atoms with E-state index < -0.39 is 15.4 Å². The largest absolute Gasteiger partial charge is 0.388 e. The maximum absolute atomic E-state index is 11.4. The first-order chi connectivity index (χ1) is 9.31. The number of allylic oxidation sites excluding steroid dienone is 1. The first-order valence-electron chi connectivity index (χ1n) is 7.61. The van der Waals surface area contributed by atoms with Crippen molar-refractivity contribution >= 4 is 9.84 Å². The Morgan fingerprint density at radius 1 is 1.40 bits per heavy atom. The summed E-state index contributed by atoms with van der Waals surface area (Å²) in [5, 5.41) is 13.8. The number of hydrogen-bond acceptors (Lipinski definition) is 4. The molecule has 0 aromatic heterocycles. The molecule has 20 heavy (non-hydrogen) atoms. The lowest BCUT2D eigenvalue weighted by Crippen LogP contribution is -2.48. The van der Waals surface area contributed by atoms with Gasteiger partial charge in [0.15, 0.2) is 9.84 Å². The third kappa shape index (κ3) is 4.06. The van der Waals surface area contributed by atoms with Crippen LogP contribution in [0.3, 0.4) is 0 Å². The van der Waals surface area contributed by atoms with Crippen LogP contribution >= 0.6 is 0 Å². The van der Waals surface area contributed by atoms with Gasteiger partial charge in [-0.15, -0.1) is 0 Å². The van der Waals surface area contributed by atoms with Gasteiger partial charge < -0.3 is 10.4 Å². The Labute approximate surface area is 122 Å². The molecule has 2 rings (SSSR count). The molecular weight excluding hydrogens is 274 g/mol. The summed E-state index contributed by atoms with van der Waals surface area (Å²) in [6, 6.07) is 0. The highest BCUT2D eigenvalue weighted by Crippen LogP contribution is 2.30. The van der Waals surface area contributed by atoms with Crippen molar-refractivity contribution < 1.29 is 13.5 Å². The predicted octanol–water partition coefficient (Wildman–Crippen LogP) is 1.51. The smallest absolute Gasteiger partial charge is 0.150 e. The van der Waals surface area contributed by atoms with E-state index in [-0.39, 0.29) is 11.5 Å². The Bertz CT molecular complexity index is 456. The third-order valence-corrected chi connectivity index (χ3v) is 6.59. The fourth-order valence-corrected chi connectivity index (χ4v) is 4.88. The molecule has 0 radical (unpaired) electrons. The van der Waals surface area contributed by atoms with Gasteiger partial charge in [0.05, 0.1) is 17.1 Å². The van der Waals surface area contributed by atoms with Crippen LogP contribution in [0.25, 0.3) is 0 Å².